The molecule has 0 radical (unpaired) electrons. The van der Waals surface area contributed by atoms with Crippen molar-refractivity contribution in [3.63, 3.8) is 0 Å². The van der Waals surface area contributed by atoms with Gasteiger partial charge < -0.3 is 10.4 Å². The number of aliphatic hydroxyl groups is 1. The van der Waals surface area contributed by atoms with Gasteiger partial charge in [-0.05, 0) is 32.4 Å². The molecule has 2 heterocycles. The van der Waals surface area contributed by atoms with Crippen molar-refractivity contribution in [1.29, 1.82) is 0 Å². The zero-order valence-corrected chi connectivity index (χ0v) is 12.2. The van der Waals surface area contributed by atoms with Crippen molar-refractivity contribution in [2.45, 2.75) is 38.5 Å². The van der Waals surface area contributed by atoms with E-state index in [2.05, 4.69) is 24.4 Å². The van der Waals surface area contributed by atoms with Gasteiger partial charge in [0.1, 0.15) is 0 Å². The molecule has 3 unspecified atom stereocenters. The highest BCUT2D eigenvalue weighted by Gasteiger charge is 2.36. The van der Waals surface area contributed by atoms with E-state index in [1.165, 1.54) is 9.75 Å². The maximum Gasteiger partial charge on any atom is 0.154 e. The Hall–Kier alpha value is -0.430. The summed E-state index contributed by atoms with van der Waals surface area (Å²) in [6.45, 7) is 4.09. The molecule has 0 bridgehead atoms. The SMILES string of the molecule is Cc1ccc(CC(C)NC2CS(=O)(=O)CC2O)s1. The Morgan fingerprint density at radius 3 is 2.72 bits per heavy atom. The molecule has 102 valence electrons. The molecule has 6 heteroatoms. The summed E-state index contributed by atoms with van der Waals surface area (Å²) in [5.74, 6) is -0.0720. The molecule has 1 aromatic rings. The number of rotatable bonds is 4. The molecule has 4 nitrogen and oxygen atoms in total. The molecule has 0 saturated carbocycles. The van der Waals surface area contributed by atoms with Gasteiger partial charge in [-0.15, -0.1) is 11.3 Å². The third kappa shape index (κ3) is 3.54. The molecule has 0 amide bonds. The lowest BCUT2D eigenvalue weighted by molar-refractivity contribution is 0.160. The lowest BCUT2D eigenvalue weighted by Crippen LogP contribution is -2.44. The fourth-order valence-electron chi connectivity index (χ4n) is 2.31. The zero-order valence-electron chi connectivity index (χ0n) is 10.6. The van der Waals surface area contributed by atoms with Crippen LogP contribution < -0.4 is 5.32 Å². The van der Waals surface area contributed by atoms with Crippen LogP contribution in [0.2, 0.25) is 0 Å². The van der Waals surface area contributed by atoms with Crippen molar-refractivity contribution in [1.82, 2.24) is 5.32 Å². The summed E-state index contributed by atoms with van der Waals surface area (Å²) >= 11 is 1.75. The predicted molar refractivity (Wildman–Crippen MR) is 73.8 cm³/mol. The van der Waals surface area contributed by atoms with E-state index < -0.39 is 15.9 Å². The van der Waals surface area contributed by atoms with E-state index in [0.29, 0.717) is 0 Å². The average Bonchev–Trinajstić information content (AvgIpc) is 2.71. The van der Waals surface area contributed by atoms with Crippen LogP contribution in [0.3, 0.4) is 0 Å². The van der Waals surface area contributed by atoms with Crippen LogP contribution in [0.15, 0.2) is 12.1 Å². The Bertz CT molecular complexity index is 509. The van der Waals surface area contributed by atoms with Gasteiger partial charge in [0.05, 0.1) is 17.6 Å². The Labute approximate surface area is 112 Å². The number of nitrogens with one attached hydrogen (secondary N) is 1. The molecule has 1 saturated heterocycles. The normalized spacial score (nSPS) is 28.4. The van der Waals surface area contributed by atoms with Gasteiger partial charge in [-0.1, -0.05) is 0 Å². The number of sulfone groups is 1. The largest absolute Gasteiger partial charge is 0.390 e. The minimum absolute atomic E-state index is 0.0436. The first-order chi connectivity index (χ1) is 8.35. The Morgan fingerprint density at radius 2 is 2.22 bits per heavy atom. The first-order valence-electron chi connectivity index (χ1n) is 6.05. The van der Waals surface area contributed by atoms with E-state index in [0.717, 1.165) is 6.42 Å². The highest BCUT2D eigenvalue weighted by Crippen LogP contribution is 2.18. The molecule has 2 rings (SSSR count). The van der Waals surface area contributed by atoms with E-state index in [4.69, 9.17) is 0 Å². The lowest BCUT2D eigenvalue weighted by Gasteiger charge is -2.20. The van der Waals surface area contributed by atoms with Gasteiger partial charge in [-0.3, -0.25) is 0 Å². The molecular weight excluding hydrogens is 270 g/mol. The number of aliphatic hydroxyl groups excluding tert-OH is 1. The van der Waals surface area contributed by atoms with Crippen LogP contribution in [0.25, 0.3) is 0 Å². The smallest absolute Gasteiger partial charge is 0.154 e. The van der Waals surface area contributed by atoms with Gasteiger partial charge in [-0.2, -0.15) is 0 Å². The van der Waals surface area contributed by atoms with Crippen LogP contribution in [-0.2, 0) is 16.3 Å². The second-order valence-corrected chi connectivity index (χ2v) is 8.56. The fourth-order valence-corrected chi connectivity index (χ4v) is 5.08. The standard InChI is InChI=1S/C12H19NO3S2/c1-8(5-10-4-3-9(2)17-10)13-11-6-18(15,16)7-12(11)14/h3-4,8,11-14H,5-7H2,1-2H3. The van der Waals surface area contributed by atoms with Crippen molar-refractivity contribution >= 4 is 21.2 Å². The topological polar surface area (TPSA) is 66.4 Å². The van der Waals surface area contributed by atoms with Gasteiger partial charge in [0.15, 0.2) is 9.84 Å². The van der Waals surface area contributed by atoms with E-state index in [-0.39, 0.29) is 23.6 Å². The average molecular weight is 289 g/mol. The van der Waals surface area contributed by atoms with Gasteiger partial charge >= 0.3 is 0 Å². The first-order valence-corrected chi connectivity index (χ1v) is 8.69. The van der Waals surface area contributed by atoms with Crippen molar-refractivity contribution in [2.75, 3.05) is 11.5 Å². The lowest BCUT2D eigenvalue weighted by atomic mass is 10.1. The van der Waals surface area contributed by atoms with Crippen LogP contribution in [0.5, 0.6) is 0 Å². The molecule has 1 aliphatic heterocycles. The van der Waals surface area contributed by atoms with Crippen LogP contribution in [0.1, 0.15) is 16.7 Å². The number of thiophene rings is 1. The van der Waals surface area contributed by atoms with Crippen LogP contribution in [0, 0.1) is 6.92 Å². The third-order valence-corrected chi connectivity index (χ3v) is 5.86. The highest BCUT2D eigenvalue weighted by atomic mass is 32.2. The minimum Gasteiger partial charge on any atom is -0.390 e. The minimum atomic E-state index is -3.07. The van der Waals surface area contributed by atoms with E-state index in [1.54, 1.807) is 11.3 Å². The molecule has 0 spiro atoms. The molecular formula is C12H19NO3S2. The predicted octanol–water partition coefficient (Wildman–Crippen LogP) is 0.735. The first kappa shape index (κ1) is 14.0. The third-order valence-electron chi connectivity index (χ3n) is 3.12. The molecule has 1 aliphatic rings. The summed E-state index contributed by atoms with van der Waals surface area (Å²) in [5, 5.41) is 12.9. The second-order valence-electron chi connectivity index (χ2n) is 5.03. The van der Waals surface area contributed by atoms with Gasteiger partial charge in [0.25, 0.3) is 0 Å². The van der Waals surface area contributed by atoms with Crippen molar-refractivity contribution in [3.05, 3.63) is 21.9 Å². The quantitative estimate of drug-likeness (QED) is 0.858. The summed E-state index contributed by atoms with van der Waals surface area (Å²) < 4.78 is 22.8. The summed E-state index contributed by atoms with van der Waals surface area (Å²) in [7, 11) is -3.07. The van der Waals surface area contributed by atoms with Crippen molar-refractivity contribution in [2.24, 2.45) is 0 Å². The summed E-state index contributed by atoms with van der Waals surface area (Å²) in [6.07, 6.45) is 0.0874. The van der Waals surface area contributed by atoms with Crippen LogP contribution in [0.4, 0.5) is 0 Å². The number of hydrogen-bond acceptors (Lipinski definition) is 5. The van der Waals surface area contributed by atoms with Crippen molar-refractivity contribution in [3.8, 4) is 0 Å². The highest BCUT2D eigenvalue weighted by molar-refractivity contribution is 7.91. The van der Waals surface area contributed by atoms with Crippen LogP contribution >= 0.6 is 11.3 Å². The molecule has 18 heavy (non-hydrogen) atoms. The van der Waals surface area contributed by atoms with Crippen LogP contribution in [-0.4, -0.2) is 43.2 Å². The second kappa shape index (κ2) is 5.28. The number of hydrogen-bond donors (Lipinski definition) is 2. The maximum absolute atomic E-state index is 11.4. The monoisotopic (exact) mass is 289 g/mol. The number of aryl methyl sites for hydroxylation is 1. The molecule has 3 atom stereocenters. The Morgan fingerprint density at radius 1 is 1.50 bits per heavy atom. The molecule has 0 aliphatic carbocycles. The summed E-state index contributed by atoms with van der Waals surface area (Å²) in [4.78, 5) is 2.56. The summed E-state index contributed by atoms with van der Waals surface area (Å²) in [5.41, 5.74) is 0. The molecule has 1 fully saturated rings. The Balaban J connectivity index is 1.90. The molecule has 2 N–H and O–H groups in total. The fraction of sp³-hybridized carbons (Fsp3) is 0.667. The van der Waals surface area contributed by atoms with Crippen molar-refractivity contribution < 1.29 is 13.5 Å². The zero-order chi connectivity index (χ0) is 13.3. The Kier molecular flexibility index (Phi) is 4.11. The molecule has 0 aromatic carbocycles. The molecule has 1 aromatic heterocycles. The van der Waals surface area contributed by atoms with Gasteiger partial charge in [0.2, 0.25) is 0 Å². The maximum atomic E-state index is 11.4. The van der Waals surface area contributed by atoms with E-state index in [9.17, 15) is 13.5 Å². The van der Waals surface area contributed by atoms with Gasteiger partial charge in [0, 0.05) is 21.8 Å². The summed E-state index contributed by atoms with van der Waals surface area (Å²) in [6, 6.07) is 4.02. The van der Waals surface area contributed by atoms with Gasteiger partial charge in [-0.25, -0.2) is 8.42 Å². The van der Waals surface area contributed by atoms with E-state index in [1.807, 2.05) is 6.92 Å². The van der Waals surface area contributed by atoms with E-state index >= 15 is 0 Å².